The Balaban J connectivity index is 1.77. The molecular formula is C15H17N3O2S. The lowest BCUT2D eigenvalue weighted by Crippen LogP contribution is -2.44. The van der Waals surface area contributed by atoms with E-state index in [1.807, 2.05) is 24.3 Å². The highest BCUT2D eigenvalue weighted by Gasteiger charge is 2.52. The van der Waals surface area contributed by atoms with Gasteiger partial charge in [0.2, 0.25) is 0 Å². The fourth-order valence-electron chi connectivity index (χ4n) is 3.09. The Bertz CT molecular complexity index is 606. The van der Waals surface area contributed by atoms with Crippen LogP contribution in [0.3, 0.4) is 0 Å². The third-order valence-electron chi connectivity index (χ3n) is 4.28. The first kappa shape index (κ1) is 14.0. The predicted molar refractivity (Wildman–Crippen MR) is 82.6 cm³/mol. The minimum atomic E-state index is -0.643. The largest absolute Gasteiger partial charge is 0.389 e. The molecule has 6 heteroatoms. The molecule has 2 aliphatic rings. The van der Waals surface area contributed by atoms with Gasteiger partial charge in [-0.25, -0.2) is 4.79 Å². The average molecular weight is 303 g/mol. The van der Waals surface area contributed by atoms with Crippen molar-refractivity contribution >= 4 is 29.1 Å². The van der Waals surface area contributed by atoms with Crippen molar-refractivity contribution in [2.24, 2.45) is 5.73 Å². The number of hydrogen-bond donors (Lipinski definition) is 2. The van der Waals surface area contributed by atoms with Crippen molar-refractivity contribution < 1.29 is 9.59 Å². The molecule has 1 saturated carbocycles. The first-order valence-electron chi connectivity index (χ1n) is 7.05. The van der Waals surface area contributed by atoms with Crippen LogP contribution in [-0.2, 0) is 11.3 Å². The van der Waals surface area contributed by atoms with Crippen LogP contribution >= 0.6 is 12.2 Å². The summed E-state index contributed by atoms with van der Waals surface area (Å²) in [5.74, 6) is -0.0941. The molecular weight excluding hydrogens is 286 g/mol. The van der Waals surface area contributed by atoms with E-state index >= 15 is 0 Å². The summed E-state index contributed by atoms with van der Waals surface area (Å²) in [6.45, 7) is 0.282. The van der Waals surface area contributed by atoms with E-state index in [1.165, 1.54) is 4.90 Å². The smallest absolute Gasteiger partial charge is 0.325 e. The molecule has 1 aliphatic heterocycles. The summed E-state index contributed by atoms with van der Waals surface area (Å²) < 4.78 is 0. The number of urea groups is 1. The Labute approximate surface area is 128 Å². The van der Waals surface area contributed by atoms with Gasteiger partial charge in [0.25, 0.3) is 5.91 Å². The SMILES string of the molecule is NC(=S)c1ccc(CN2C(=O)NC3(CCCC3)C2=O)cc1. The van der Waals surface area contributed by atoms with E-state index in [0.29, 0.717) is 4.99 Å². The van der Waals surface area contributed by atoms with Gasteiger partial charge < -0.3 is 11.1 Å². The highest BCUT2D eigenvalue weighted by Crippen LogP contribution is 2.35. The van der Waals surface area contributed by atoms with E-state index in [-0.39, 0.29) is 18.5 Å². The van der Waals surface area contributed by atoms with E-state index in [9.17, 15) is 9.59 Å². The molecule has 1 aliphatic carbocycles. The molecule has 2 fully saturated rings. The van der Waals surface area contributed by atoms with Crippen molar-refractivity contribution in [2.75, 3.05) is 0 Å². The standard InChI is InChI=1S/C15H17N3O2S/c16-12(21)11-5-3-10(4-6-11)9-18-13(19)15(17-14(18)20)7-1-2-8-15/h3-6H,1-2,7-9H2,(H2,16,21)(H,17,20). The Hall–Kier alpha value is -1.95. The third kappa shape index (κ3) is 2.40. The molecule has 21 heavy (non-hydrogen) atoms. The second-order valence-corrected chi connectivity index (χ2v) is 6.11. The number of nitrogens with one attached hydrogen (secondary N) is 1. The van der Waals surface area contributed by atoms with Gasteiger partial charge in [-0.2, -0.15) is 0 Å². The normalized spacial score (nSPS) is 20.1. The van der Waals surface area contributed by atoms with Crippen molar-refractivity contribution in [1.82, 2.24) is 10.2 Å². The minimum Gasteiger partial charge on any atom is -0.389 e. The van der Waals surface area contributed by atoms with Crippen molar-refractivity contribution in [3.63, 3.8) is 0 Å². The zero-order chi connectivity index (χ0) is 15.0. The number of nitrogens with zero attached hydrogens (tertiary/aromatic N) is 1. The summed E-state index contributed by atoms with van der Waals surface area (Å²) >= 11 is 4.90. The van der Waals surface area contributed by atoms with Crippen molar-refractivity contribution in [2.45, 2.75) is 37.8 Å². The molecule has 0 unspecified atom stereocenters. The molecule has 3 N–H and O–H groups in total. The number of benzene rings is 1. The summed E-state index contributed by atoms with van der Waals surface area (Å²) in [5.41, 5.74) is 6.57. The molecule has 3 rings (SSSR count). The van der Waals surface area contributed by atoms with E-state index in [4.69, 9.17) is 18.0 Å². The van der Waals surface area contributed by atoms with Crippen LogP contribution in [0, 0.1) is 0 Å². The first-order chi connectivity index (χ1) is 10.0. The Kier molecular flexibility index (Phi) is 3.41. The second-order valence-electron chi connectivity index (χ2n) is 5.67. The number of rotatable bonds is 3. The highest BCUT2D eigenvalue weighted by molar-refractivity contribution is 7.80. The molecule has 1 aromatic rings. The number of nitrogens with two attached hydrogens (primary N) is 1. The molecule has 110 valence electrons. The van der Waals surface area contributed by atoms with Gasteiger partial charge in [-0.1, -0.05) is 49.3 Å². The summed E-state index contributed by atoms with van der Waals surface area (Å²) in [7, 11) is 0. The molecule has 0 aromatic heterocycles. The summed E-state index contributed by atoms with van der Waals surface area (Å²) in [5, 5.41) is 2.88. The minimum absolute atomic E-state index is 0.0941. The molecule has 1 spiro atoms. The van der Waals surface area contributed by atoms with Crippen LogP contribution in [0.4, 0.5) is 4.79 Å². The molecule has 5 nitrogen and oxygen atoms in total. The summed E-state index contributed by atoms with van der Waals surface area (Å²) in [6.07, 6.45) is 3.47. The molecule has 0 bridgehead atoms. The number of carbonyl (C=O) groups excluding carboxylic acids is 2. The van der Waals surface area contributed by atoms with Crippen LogP contribution in [0.5, 0.6) is 0 Å². The zero-order valence-corrected chi connectivity index (χ0v) is 12.4. The predicted octanol–water partition coefficient (Wildman–Crippen LogP) is 1.69. The van der Waals surface area contributed by atoms with Crippen LogP contribution in [0.15, 0.2) is 24.3 Å². The van der Waals surface area contributed by atoms with Crippen molar-refractivity contribution in [1.29, 1.82) is 0 Å². The molecule has 3 amide bonds. The topological polar surface area (TPSA) is 75.4 Å². The maximum atomic E-state index is 12.5. The molecule has 1 heterocycles. The average Bonchev–Trinajstić information content (AvgIpc) is 3.01. The van der Waals surface area contributed by atoms with Crippen LogP contribution in [0.2, 0.25) is 0 Å². The monoisotopic (exact) mass is 303 g/mol. The van der Waals surface area contributed by atoms with Gasteiger partial charge in [-0.3, -0.25) is 9.69 Å². The fraction of sp³-hybridized carbons (Fsp3) is 0.400. The Morgan fingerprint density at radius 3 is 2.43 bits per heavy atom. The van der Waals surface area contributed by atoms with Gasteiger partial charge in [0, 0.05) is 5.56 Å². The van der Waals surface area contributed by atoms with E-state index in [1.54, 1.807) is 0 Å². The number of thiocarbonyl (C=S) groups is 1. The van der Waals surface area contributed by atoms with Crippen LogP contribution in [0.1, 0.15) is 36.8 Å². The molecule has 1 saturated heterocycles. The van der Waals surface area contributed by atoms with Gasteiger partial charge in [0.05, 0.1) is 6.54 Å². The Morgan fingerprint density at radius 2 is 1.86 bits per heavy atom. The Morgan fingerprint density at radius 1 is 1.24 bits per heavy atom. The molecule has 0 radical (unpaired) electrons. The maximum Gasteiger partial charge on any atom is 0.325 e. The third-order valence-corrected chi connectivity index (χ3v) is 4.52. The lowest BCUT2D eigenvalue weighted by atomic mass is 9.98. The number of carbonyl (C=O) groups is 2. The molecule has 1 aromatic carbocycles. The second kappa shape index (κ2) is 5.11. The van der Waals surface area contributed by atoms with E-state index < -0.39 is 5.54 Å². The molecule has 0 atom stereocenters. The van der Waals surface area contributed by atoms with Gasteiger partial charge in [0.1, 0.15) is 10.5 Å². The number of imide groups is 1. The van der Waals surface area contributed by atoms with Crippen LogP contribution < -0.4 is 11.1 Å². The maximum absolute atomic E-state index is 12.5. The van der Waals surface area contributed by atoms with E-state index in [0.717, 1.165) is 36.8 Å². The number of hydrogen-bond acceptors (Lipinski definition) is 3. The summed E-state index contributed by atoms with van der Waals surface area (Å²) in [4.78, 5) is 26.2. The summed E-state index contributed by atoms with van der Waals surface area (Å²) in [6, 6.07) is 7.01. The van der Waals surface area contributed by atoms with Crippen molar-refractivity contribution in [3.05, 3.63) is 35.4 Å². The highest BCUT2D eigenvalue weighted by atomic mass is 32.1. The van der Waals surface area contributed by atoms with Crippen LogP contribution in [-0.4, -0.2) is 27.4 Å². The van der Waals surface area contributed by atoms with Crippen molar-refractivity contribution in [3.8, 4) is 0 Å². The zero-order valence-electron chi connectivity index (χ0n) is 11.6. The quantitative estimate of drug-likeness (QED) is 0.658. The fourth-order valence-corrected chi connectivity index (χ4v) is 3.23. The first-order valence-corrected chi connectivity index (χ1v) is 7.45. The number of amides is 3. The lowest BCUT2D eigenvalue weighted by Gasteiger charge is -2.20. The van der Waals surface area contributed by atoms with Gasteiger partial charge in [-0.15, -0.1) is 0 Å². The van der Waals surface area contributed by atoms with Gasteiger partial charge in [0.15, 0.2) is 0 Å². The van der Waals surface area contributed by atoms with Gasteiger partial charge >= 0.3 is 6.03 Å². The lowest BCUT2D eigenvalue weighted by molar-refractivity contribution is -0.131. The van der Waals surface area contributed by atoms with Crippen LogP contribution in [0.25, 0.3) is 0 Å². The van der Waals surface area contributed by atoms with E-state index in [2.05, 4.69) is 5.32 Å². The van der Waals surface area contributed by atoms with Gasteiger partial charge in [-0.05, 0) is 18.4 Å².